The fraction of sp³-hybridized carbons (Fsp3) is 0.944. The van der Waals surface area contributed by atoms with E-state index in [2.05, 4.69) is 47.7 Å². The van der Waals surface area contributed by atoms with Gasteiger partial charge in [-0.1, -0.05) is 27.7 Å². The minimum absolute atomic E-state index is 0.0328. The van der Waals surface area contributed by atoms with Gasteiger partial charge in [0.1, 0.15) is 6.10 Å². The van der Waals surface area contributed by atoms with Crippen LogP contribution in [0.1, 0.15) is 61.8 Å². The lowest BCUT2D eigenvalue weighted by Gasteiger charge is -2.39. The zero-order valence-electron chi connectivity index (χ0n) is 16.6. The van der Waals surface area contributed by atoms with Gasteiger partial charge in [-0.05, 0) is 58.2 Å². The maximum atomic E-state index is 11.9. The third-order valence-corrected chi connectivity index (χ3v) is 9.70. The van der Waals surface area contributed by atoms with Crippen LogP contribution in [0.5, 0.6) is 0 Å². The molecule has 1 heterocycles. The van der Waals surface area contributed by atoms with Crippen LogP contribution in [0.3, 0.4) is 0 Å². The second-order valence-electron chi connectivity index (χ2n) is 9.03. The molecule has 0 spiro atoms. The van der Waals surface area contributed by atoms with Gasteiger partial charge in [-0.15, -0.1) is 0 Å². The molecule has 0 aromatic rings. The summed E-state index contributed by atoms with van der Waals surface area (Å²) < 4.78 is 18.2. The van der Waals surface area contributed by atoms with Crippen molar-refractivity contribution in [3.05, 3.63) is 0 Å². The van der Waals surface area contributed by atoms with Gasteiger partial charge in [0.2, 0.25) is 0 Å². The highest BCUT2D eigenvalue weighted by atomic mass is 28.4. The molecule has 0 radical (unpaired) electrons. The van der Waals surface area contributed by atoms with Crippen LogP contribution in [0.15, 0.2) is 0 Å². The van der Waals surface area contributed by atoms with Crippen LogP contribution in [0.4, 0.5) is 0 Å². The topological polar surface area (TPSA) is 44.8 Å². The van der Waals surface area contributed by atoms with E-state index in [0.29, 0.717) is 0 Å². The second-order valence-corrected chi connectivity index (χ2v) is 13.8. The van der Waals surface area contributed by atoms with Crippen molar-refractivity contribution >= 4 is 14.1 Å². The summed E-state index contributed by atoms with van der Waals surface area (Å²) in [4.78, 5) is 11.9. The lowest BCUT2D eigenvalue weighted by atomic mass is 9.93. The first kappa shape index (κ1) is 20.8. The zero-order chi connectivity index (χ0) is 18.2. The Labute approximate surface area is 143 Å². The molecule has 1 saturated heterocycles. The summed E-state index contributed by atoms with van der Waals surface area (Å²) in [7, 11) is -1.78. The maximum absolute atomic E-state index is 11.9. The number of Topliss-reactive ketones (excluding diaryl/α,β-unsaturated/α-hetero) is 1. The first-order valence-electron chi connectivity index (χ1n) is 8.70. The van der Waals surface area contributed by atoms with Crippen molar-refractivity contribution in [2.75, 3.05) is 0 Å². The highest BCUT2D eigenvalue weighted by Crippen LogP contribution is 2.39. The highest BCUT2D eigenvalue weighted by Gasteiger charge is 2.46. The Morgan fingerprint density at radius 3 is 2.17 bits per heavy atom. The van der Waals surface area contributed by atoms with Crippen molar-refractivity contribution in [1.29, 1.82) is 0 Å². The summed E-state index contributed by atoms with van der Waals surface area (Å²) >= 11 is 0. The summed E-state index contributed by atoms with van der Waals surface area (Å²) in [5.41, 5.74) is 0. The van der Waals surface area contributed by atoms with Crippen molar-refractivity contribution in [3.8, 4) is 0 Å². The average Bonchev–Trinajstić information content (AvgIpc) is 2.63. The van der Waals surface area contributed by atoms with Crippen molar-refractivity contribution < 1.29 is 18.7 Å². The molecule has 0 aromatic carbocycles. The molecule has 0 unspecified atom stereocenters. The van der Waals surface area contributed by atoms with Gasteiger partial charge < -0.3 is 13.9 Å². The molecule has 4 nitrogen and oxygen atoms in total. The van der Waals surface area contributed by atoms with Gasteiger partial charge in [0, 0.05) is 6.10 Å². The predicted octanol–water partition coefficient (Wildman–Crippen LogP) is 4.53. The minimum atomic E-state index is -1.78. The molecule has 136 valence electrons. The molecular formula is C18H36O4Si. The molecule has 0 N–H and O–H groups in total. The lowest BCUT2D eigenvalue weighted by molar-refractivity contribution is -0.156. The first-order chi connectivity index (χ1) is 10.2. The van der Waals surface area contributed by atoms with Crippen molar-refractivity contribution in [2.24, 2.45) is 5.92 Å². The minimum Gasteiger partial charge on any atom is -0.414 e. The summed E-state index contributed by atoms with van der Waals surface area (Å²) in [5, 5.41) is 0.196. The molecule has 5 heteroatoms. The van der Waals surface area contributed by atoms with Crippen LogP contribution in [-0.2, 0) is 18.7 Å². The van der Waals surface area contributed by atoms with Crippen LogP contribution in [0.2, 0.25) is 18.1 Å². The van der Waals surface area contributed by atoms with Gasteiger partial charge in [0.25, 0.3) is 0 Å². The van der Waals surface area contributed by atoms with E-state index < -0.39 is 20.2 Å². The number of hydrogen-bond acceptors (Lipinski definition) is 4. The van der Waals surface area contributed by atoms with Gasteiger partial charge >= 0.3 is 0 Å². The van der Waals surface area contributed by atoms with E-state index in [1.807, 2.05) is 13.8 Å². The van der Waals surface area contributed by atoms with E-state index in [4.69, 9.17) is 13.9 Å². The van der Waals surface area contributed by atoms with Crippen LogP contribution in [0.25, 0.3) is 0 Å². The van der Waals surface area contributed by atoms with Crippen LogP contribution in [-0.4, -0.2) is 38.2 Å². The third kappa shape index (κ3) is 5.38. The number of carbonyl (C=O) groups excluding carboxylic acids is 1. The van der Waals surface area contributed by atoms with Crippen LogP contribution >= 0.6 is 0 Å². The molecule has 0 aliphatic carbocycles. The molecule has 1 fully saturated rings. The van der Waals surface area contributed by atoms with E-state index in [1.54, 1.807) is 6.92 Å². The van der Waals surface area contributed by atoms with Gasteiger partial charge in [0.15, 0.2) is 19.9 Å². The molecule has 0 aromatic heterocycles. The maximum Gasteiger partial charge on any atom is 0.192 e. The smallest absolute Gasteiger partial charge is 0.192 e. The lowest BCUT2D eigenvalue weighted by Crippen LogP contribution is -2.44. The van der Waals surface area contributed by atoms with Gasteiger partial charge in [-0.25, -0.2) is 0 Å². The Bertz CT molecular complexity index is 425. The Hall–Kier alpha value is -0.233. The van der Waals surface area contributed by atoms with Gasteiger partial charge in [-0.2, -0.15) is 0 Å². The molecule has 0 amide bonds. The fourth-order valence-corrected chi connectivity index (χ4v) is 4.36. The average molecular weight is 345 g/mol. The van der Waals surface area contributed by atoms with Gasteiger partial charge in [0.05, 0.1) is 6.10 Å². The molecular weight excluding hydrogens is 308 g/mol. The summed E-state index contributed by atoms with van der Waals surface area (Å²) in [5.74, 6) is -0.463. The molecule has 0 bridgehead atoms. The van der Waals surface area contributed by atoms with Crippen molar-refractivity contribution in [3.63, 3.8) is 0 Å². The Morgan fingerprint density at radius 1 is 1.22 bits per heavy atom. The van der Waals surface area contributed by atoms with E-state index in [1.165, 1.54) is 0 Å². The first-order valence-corrected chi connectivity index (χ1v) is 11.6. The number of hydrogen-bond donors (Lipinski definition) is 0. The van der Waals surface area contributed by atoms with E-state index in [-0.39, 0.29) is 28.9 Å². The Balaban J connectivity index is 2.71. The standard InChI is InChI=1S/C18H36O4Si/c1-12(11-13(2)22-23(9,10)17(4,5)6)15-16(14(3)19)21-18(7,8)20-15/h12-13,15-16H,11H2,1-10H3/t12-,13+,15+,16+/m1/s1. The third-order valence-electron chi connectivity index (χ3n) is 5.10. The second kappa shape index (κ2) is 6.94. The molecule has 1 rings (SSSR count). The monoisotopic (exact) mass is 344 g/mol. The van der Waals surface area contributed by atoms with E-state index in [9.17, 15) is 4.79 Å². The van der Waals surface area contributed by atoms with Crippen molar-refractivity contribution in [2.45, 2.75) is 104 Å². The summed E-state index contributed by atoms with van der Waals surface area (Å²) in [6.07, 6.45) is 0.333. The summed E-state index contributed by atoms with van der Waals surface area (Å²) in [6.45, 7) is 20.8. The van der Waals surface area contributed by atoms with Gasteiger partial charge in [-0.3, -0.25) is 4.79 Å². The number of rotatable bonds is 6. The molecule has 23 heavy (non-hydrogen) atoms. The molecule has 0 saturated carbocycles. The predicted molar refractivity (Wildman–Crippen MR) is 96.0 cm³/mol. The van der Waals surface area contributed by atoms with E-state index >= 15 is 0 Å². The van der Waals surface area contributed by atoms with Crippen LogP contribution in [0, 0.1) is 5.92 Å². The number of ketones is 1. The molecule has 4 atom stereocenters. The largest absolute Gasteiger partial charge is 0.414 e. The SMILES string of the molecule is CC(=O)[C@@H]1OC(C)(C)O[C@H]1[C@H](C)C[C@H](C)O[Si](C)(C)C(C)(C)C. The van der Waals surface area contributed by atoms with E-state index in [0.717, 1.165) is 6.42 Å². The van der Waals surface area contributed by atoms with Crippen LogP contribution < -0.4 is 0 Å². The number of carbonyl (C=O) groups is 1. The fourth-order valence-electron chi connectivity index (χ4n) is 2.90. The summed E-state index contributed by atoms with van der Waals surface area (Å²) in [6, 6.07) is 0. The normalized spacial score (nSPS) is 27.7. The quantitative estimate of drug-likeness (QED) is 0.664. The van der Waals surface area contributed by atoms with Crippen molar-refractivity contribution in [1.82, 2.24) is 0 Å². The Morgan fingerprint density at radius 2 is 1.74 bits per heavy atom. The highest BCUT2D eigenvalue weighted by molar-refractivity contribution is 6.74. The Kier molecular flexibility index (Phi) is 6.28. The molecule has 1 aliphatic rings. The zero-order valence-corrected chi connectivity index (χ0v) is 17.6. The number of ether oxygens (including phenoxy) is 2. The molecule has 1 aliphatic heterocycles.